The van der Waals surface area contributed by atoms with E-state index in [1.165, 1.54) is 20.1 Å². The molecule has 2 amide bonds. The number of hydrogen-bond donors (Lipinski definition) is 4. The number of aryl methyl sites for hydroxylation is 1. The molecule has 0 aliphatic heterocycles. The zero-order valence-corrected chi connectivity index (χ0v) is 24.1. The summed E-state index contributed by atoms with van der Waals surface area (Å²) in [7, 11) is 4.64. The lowest BCUT2D eigenvalue weighted by molar-refractivity contribution is -0.119. The number of rotatable bonds is 8. The highest BCUT2D eigenvalue weighted by atomic mass is 16.5. The number of benzene rings is 2. The fourth-order valence-electron chi connectivity index (χ4n) is 5.39. The molecule has 0 radical (unpaired) electrons. The van der Waals surface area contributed by atoms with Crippen LogP contribution in [0.25, 0.3) is 22.2 Å². The molecule has 0 saturated carbocycles. The average molecular weight is 572 g/mol. The van der Waals surface area contributed by atoms with Gasteiger partial charge in [0.2, 0.25) is 23.0 Å². The quantitative estimate of drug-likeness (QED) is 0.247. The SMILES string of the molecule is COc1cc2c(c(OC)c1OC)-c1ccc(N[C@@H](C)C(=O)Nc3ccc4nc[nH]c4c3)c(=O)cc1[C@@H](NC(C)=O)CC2. The molecule has 0 saturated heterocycles. The first-order chi connectivity index (χ1) is 20.2. The number of H-pyrrole nitrogens is 1. The third-order valence-corrected chi connectivity index (χ3v) is 7.37. The summed E-state index contributed by atoms with van der Waals surface area (Å²) in [5, 5.41) is 8.93. The van der Waals surface area contributed by atoms with Crippen molar-refractivity contribution in [3.63, 3.8) is 0 Å². The number of ether oxygens (including phenoxy) is 3. The number of fused-ring (bicyclic) bond motifs is 4. The van der Waals surface area contributed by atoms with E-state index in [-0.39, 0.29) is 22.9 Å². The topological polar surface area (TPSA) is 144 Å². The molecule has 1 aromatic heterocycles. The van der Waals surface area contributed by atoms with Crippen molar-refractivity contribution in [3.05, 3.63) is 70.1 Å². The fraction of sp³-hybridized carbons (Fsp3) is 0.290. The van der Waals surface area contributed by atoms with Crippen LogP contribution < -0.4 is 35.6 Å². The number of aromatic nitrogens is 2. The molecule has 0 spiro atoms. The van der Waals surface area contributed by atoms with Crippen LogP contribution in [0.3, 0.4) is 0 Å². The number of nitrogens with one attached hydrogen (secondary N) is 4. The maximum atomic E-state index is 13.6. The highest BCUT2D eigenvalue weighted by Crippen LogP contribution is 2.50. The summed E-state index contributed by atoms with van der Waals surface area (Å²) in [5.41, 5.74) is 5.11. The minimum atomic E-state index is -0.741. The minimum absolute atomic E-state index is 0.213. The average Bonchev–Trinajstić information content (AvgIpc) is 3.32. The lowest BCUT2D eigenvalue weighted by Gasteiger charge is -2.19. The molecule has 3 aromatic carbocycles. The van der Waals surface area contributed by atoms with Crippen LogP contribution in [0.15, 0.2) is 53.6 Å². The zero-order valence-electron chi connectivity index (χ0n) is 24.1. The smallest absolute Gasteiger partial charge is 0.246 e. The summed E-state index contributed by atoms with van der Waals surface area (Å²) >= 11 is 0. The fourth-order valence-corrected chi connectivity index (χ4v) is 5.39. The van der Waals surface area contributed by atoms with Gasteiger partial charge in [0.25, 0.3) is 0 Å². The van der Waals surface area contributed by atoms with Crippen molar-refractivity contribution in [2.45, 2.75) is 38.8 Å². The molecular formula is C31H33N5O6. The second-order valence-corrected chi connectivity index (χ2v) is 10.1. The number of amides is 2. The van der Waals surface area contributed by atoms with Gasteiger partial charge in [-0.05, 0) is 72.9 Å². The molecule has 4 aromatic rings. The molecule has 42 heavy (non-hydrogen) atoms. The molecular weight excluding hydrogens is 538 g/mol. The molecule has 11 nitrogen and oxygen atoms in total. The van der Waals surface area contributed by atoms with Crippen molar-refractivity contribution in [3.8, 4) is 28.4 Å². The molecule has 0 fully saturated rings. The van der Waals surface area contributed by atoms with Crippen LogP contribution in [-0.2, 0) is 16.0 Å². The Morgan fingerprint density at radius 2 is 1.81 bits per heavy atom. The monoisotopic (exact) mass is 571 g/mol. The van der Waals surface area contributed by atoms with Gasteiger partial charge in [-0.15, -0.1) is 0 Å². The van der Waals surface area contributed by atoms with Crippen LogP contribution in [0.2, 0.25) is 0 Å². The van der Waals surface area contributed by atoms with Crippen LogP contribution in [0.4, 0.5) is 11.4 Å². The number of anilines is 2. The minimum Gasteiger partial charge on any atom is -0.493 e. The molecule has 0 unspecified atom stereocenters. The van der Waals surface area contributed by atoms with E-state index in [2.05, 4.69) is 25.9 Å². The summed E-state index contributed by atoms with van der Waals surface area (Å²) in [6, 6.07) is 11.1. The molecule has 0 bridgehead atoms. The summed E-state index contributed by atoms with van der Waals surface area (Å²) in [5.74, 6) is 0.878. The van der Waals surface area contributed by atoms with Gasteiger partial charge in [0.1, 0.15) is 6.04 Å². The van der Waals surface area contributed by atoms with Crippen molar-refractivity contribution in [1.29, 1.82) is 0 Å². The Bertz CT molecular complexity index is 1730. The molecule has 4 N–H and O–H groups in total. The van der Waals surface area contributed by atoms with E-state index in [4.69, 9.17) is 14.2 Å². The highest BCUT2D eigenvalue weighted by Gasteiger charge is 2.29. The summed E-state index contributed by atoms with van der Waals surface area (Å²) in [4.78, 5) is 46.0. The lowest BCUT2D eigenvalue weighted by atomic mass is 9.95. The Kier molecular flexibility index (Phi) is 8.01. The second kappa shape index (κ2) is 11.8. The summed E-state index contributed by atoms with van der Waals surface area (Å²) in [6.07, 6.45) is 2.73. The normalized spacial score (nSPS) is 14.5. The van der Waals surface area contributed by atoms with Gasteiger partial charge in [-0.25, -0.2) is 4.98 Å². The van der Waals surface area contributed by atoms with Crippen LogP contribution in [0.1, 0.15) is 37.4 Å². The standard InChI is InChI=1S/C31H33N5O6/c1-16(31(39)36-19-7-10-23-25(13-19)33-15-32-23)34-24-11-8-20-21(14-26(24)38)22(35-17(2)37)9-6-18-12-27(40-3)29(41-4)30(42-5)28(18)20/h7-8,10-16,22H,6,9H2,1-5H3,(H,32,33)(H,34,38)(H,35,37)(H,36,39)/t16-,22-/m0/s1. The first-order valence-corrected chi connectivity index (χ1v) is 13.5. The van der Waals surface area contributed by atoms with Crippen molar-refractivity contribution in [2.24, 2.45) is 0 Å². The van der Waals surface area contributed by atoms with Gasteiger partial charge in [0.15, 0.2) is 11.5 Å². The van der Waals surface area contributed by atoms with E-state index in [0.29, 0.717) is 46.9 Å². The number of nitrogens with zero attached hydrogens (tertiary/aromatic N) is 1. The zero-order chi connectivity index (χ0) is 30.0. The first kappa shape index (κ1) is 28.5. The summed E-state index contributed by atoms with van der Waals surface area (Å²) in [6.45, 7) is 3.12. The van der Waals surface area contributed by atoms with Crippen LogP contribution in [-0.4, -0.2) is 49.2 Å². The van der Waals surface area contributed by atoms with Gasteiger partial charge in [0, 0.05) is 18.2 Å². The van der Waals surface area contributed by atoms with Gasteiger partial charge in [0.05, 0.1) is 50.4 Å². The van der Waals surface area contributed by atoms with Gasteiger partial charge in [-0.2, -0.15) is 0 Å². The number of hydrogen-bond acceptors (Lipinski definition) is 8. The van der Waals surface area contributed by atoms with E-state index >= 15 is 0 Å². The lowest BCUT2D eigenvalue weighted by Crippen LogP contribution is -2.33. The van der Waals surface area contributed by atoms with Crippen molar-refractivity contribution < 1.29 is 23.8 Å². The maximum absolute atomic E-state index is 13.6. The molecule has 5 rings (SSSR count). The Balaban J connectivity index is 1.54. The van der Waals surface area contributed by atoms with E-state index in [0.717, 1.165) is 22.2 Å². The van der Waals surface area contributed by atoms with E-state index in [1.54, 1.807) is 45.7 Å². The van der Waals surface area contributed by atoms with Crippen molar-refractivity contribution in [2.75, 3.05) is 32.0 Å². The van der Waals surface area contributed by atoms with E-state index < -0.39 is 12.1 Å². The van der Waals surface area contributed by atoms with E-state index in [1.807, 2.05) is 18.2 Å². The van der Waals surface area contributed by atoms with Gasteiger partial charge in [-0.3, -0.25) is 14.4 Å². The molecule has 1 heterocycles. The predicted molar refractivity (Wildman–Crippen MR) is 160 cm³/mol. The van der Waals surface area contributed by atoms with Crippen molar-refractivity contribution in [1.82, 2.24) is 15.3 Å². The summed E-state index contributed by atoms with van der Waals surface area (Å²) < 4.78 is 17.0. The molecule has 1 aliphatic rings. The Morgan fingerprint density at radius 1 is 1.02 bits per heavy atom. The number of carbonyl (C=O) groups excluding carboxylic acids is 2. The predicted octanol–water partition coefficient (Wildman–Crippen LogP) is 4.18. The number of carbonyl (C=O) groups is 2. The third kappa shape index (κ3) is 5.45. The van der Waals surface area contributed by atoms with Crippen LogP contribution in [0.5, 0.6) is 17.2 Å². The Hall–Kier alpha value is -5.06. The maximum Gasteiger partial charge on any atom is 0.246 e. The first-order valence-electron chi connectivity index (χ1n) is 13.5. The van der Waals surface area contributed by atoms with Gasteiger partial charge < -0.3 is 35.1 Å². The van der Waals surface area contributed by atoms with E-state index in [9.17, 15) is 14.4 Å². The highest BCUT2D eigenvalue weighted by molar-refractivity contribution is 5.97. The van der Waals surface area contributed by atoms with Gasteiger partial charge >= 0.3 is 0 Å². The van der Waals surface area contributed by atoms with Crippen LogP contribution >= 0.6 is 0 Å². The largest absolute Gasteiger partial charge is 0.493 e. The second-order valence-electron chi connectivity index (χ2n) is 10.1. The van der Waals surface area contributed by atoms with Crippen molar-refractivity contribution >= 4 is 34.2 Å². The number of imidazole rings is 1. The number of aromatic amines is 1. The molecule has 11 heteroatoms. The molecule has 2 atom stereocenters. The molecule has 218 valence electrons. The number of methoxy groups -OCH3 is 3. The van der Waals surface area contributed by atoms with Gasteiger partial charge in [-0.1, -0.05) is 6.07 Å². The molecule has 1 aliphatic carbocycles. The Morgan fingerprint density at radius 3 is 2.52 bits per heavy atom. The van der Waals surface area contributed by atoms with Crippen LogP contribution in [0, 0.1) is 0 Å². The Labute approximate surface area is 242 Å². The third-order valence-electron chi connectivity index (χ3n) is 7.37.